The maximum atomic E-state index is 13.4. The van der Waals surface area contributed by atoms with E-state index < -0.39 is 0 Å². The second-order valence-electron chi connectivity index (χ2n) is 6.21. The molecule has 1 aromatic carbocycles. The molecule has 4 heteroatoms. The van der Waals surface area contributed by atoms with E-state index in [-0.39, 0.29) is 5.82 Å². The fourth-order valence-corrected chi connectivity index (χ4v) is 3.39. The van der Waals surface area contributed by atoms with Crippen LogP contribution in [0.3, 0.4) is 0 Å². The molecule has 0 bridgehead atoms. The molecule has 1 atom stereocenters. The Morgan fingerprint density at radius 3 is 3.00 bits per heavy atom. The Morgan fingerprint density at radius 2 is 2.23 bits per heavy atom. The first-order chi connectivity index (χ1) is 10.7. The van der Waals surface area contributed by atoms with Crippen LogP contribution in [0.25, 0.3) is 0 Å². The lowest BCUT2D eigenvalue weighted by Crippen LogP contribution is -2.39. The topological polar surface area (TPSA) is 21.1 Å². The van der Waals surface area contributed by atoms with Gasteiger partial charge in [-0.25, -0.2) is 9.37 Å². The maximum absolute atomic E-state index is 13.4. The van der Waals surface area contributed by atoms with Crippen molar-refractivity contribution in [1.29, 1.82) is 0 Å². The van der Waals surface area contributed by atoms with Crippen molar-refractivity contribution in [2.24, 2.45) is 0 Å². The summed E-state index contributed by atoms with van der Waals surface area (Å²) in [5.74, 6) is 0.938. The average Bonchev–Trinajstić information content (AvgIpc) is 2.92. The van der Waals surface area contributed by atoms with Gasteiger partial charge in [0.05, 0.1) is 0 Å². The van der Waals surface area contributed by atoms with E-state index in [4.69, 9.17) is 0 Å². The zero-order valence-electron chi connectivity index (χ0n) is 13.2. The molecule has 1 aliphatic rings. The molecule has 2 aromatic rings. The highest BCUT2D eigenvalue weighted by Gasteiger charge is 2.22. The third-order valence-corrected chi connectivity index (χ3v) is 4.65. The SMILES string of the molecule is Cc1nccn1CC[C@H]1CCCCN1Cc1cccc(F)c1. The van der Waals surface area contributed by atoms with Crippen molar-refractivity contribution in [2.45, 2.75) is 51.7 Å². The largest absolute Gasteiger partial charge is 0.335 e. The van der Waals surface area contributed by atoms with Crippen LogP contribution in [0.5, 0.6) is 0 Å². The summed E-state index contributed by atoms with van der Waals surface area (Å²) in [5, 5.41) is 0. The fourth-order valence-electron chi connectivity index (χ4n) is 3.39. The van der Waals surface area contributed by atoms with Gasteiger partial charge in [-0.2, -0.15) is 0 Å². The molecule has 0 spiro atoms. The molecule has 0 N–H and O–H groups in total. The molecular formula is C18H24FN3. The van der Waals surface area contributed by atoms with E-state index in [0.717, 1.165) is 37.4 Å². The third kappa shape index (κ3) is 3.74. The van der Waals surface area contributed by atoms with Crippen molar-refractivity contribution >= 4 is 0 Å². The van der Waals surface area contributed by atoms with Gasteiger partial charge in [-0.3, -0.25) is 4.90 Å². The number of hydrogen-bond donors (Lipinski definition) is 0. The van der Waals surface area contributed by atoms with Crippen LogP contribution < -0.4 is 0 Å². The Morgan fingerprint density at radius 1 is 1.32 bits per heavy atom. The quantitative estimate of drug-likeness (QED) is 0.838. The first kappa shape index (κ1) is 15.2. The molecule has 1 fully saturated rings. The Hall–Kier alpha value is -1.68. The summed E-state index contributed by atoms with van der Waals surface area (Å²) in [7, 11) is 0. The lowest BCUT2D eigenvalue weighted by atomic mass is 9.98. The van der Waals surface area contributed by atoms with Crippen LogP contribution >= 0.6 is 0 Å². The molecule has 0 amide bonds. The molecule has 0 unspecified atom stereocenters. The van der Waals surface area contributed by atoms with E-state index in [2.05, 4.69) is 20.6 Å². The zero-order valence-corrected chi connectivity index (χ0v) is 13.2. The molecule has 1 aliphatic heterocycles. The number of piperidine rings is 1. The Labute approximate surface area is 131 Å². The summed E-state index contributed by atoms with van der Waals surface area (Å²) < 4.78 is 15.6. The van der Waals surface area contributed by atoms with Crippen LogP contribution in [0, 0.1) is 12.7 Å². The monoisotopic (exact) mass is 301 g/mol. The van der Waals surface area contributed by atoms with Gasteiger partial charge in [0.25, 0.3) is 0 Å². The normalized spacial score (nSPS) is 19.5. The van der Waals surface area contributed by atoms with Gasteiger partial charge in [0.2, 0.25) is 0 Å². The van der Waals surface area contributed by atoms with Crippen LogP contribution in [0.2, 0.25) is 0 Å². The van der Waals surface area contributed by atoms with Crippen LogP contribution in [0.15, 0.2) is 36.7 Å². The number of imidazole rings is 1. The number of benzene rings is 1. The summed E-state index contributed by atoms with van der Waals surface area (Å²) in [5.41, 5.74) is 1.07. The second-order valence-corrected chi connectivity index (χ2v) is 6.21. The average molecular weight is 301 g/mol. The summed E-state index contributed by atoms with van der Waals surface area (Å²) in [6, 6.07) is 7.58. The van der Waals surface area contributed by atoms with Gasteiger partial charge in [0, 0.05) is 31.5 Å². The molecule has 22 heavy (non-hydrogen) atoms. The fraction of sp³-hybridized carbons (Fsp3) is 0.500. The second kappa shape index (κ2) is 7.05. The highest BCUT2D eigenvalue weighted by atomic mass is 19.1. The summed E-state index contributed by atoms with van der Waals surface area (Å²) >= 11 is 0. The molecule has 2 heterocycles. The van der Waals surface area contributed by atoms with Crippen molar-refractivity contribution < 1.29 is 4.39 Å². The van der Waals surface area contributed by atoms with Gasteiger partial charge in [-0.15, -0.1) is 0 Å². The maximum Gasteiger partial charge on any atom is 0.123 e. The Bertz CT molecular complexity index is 608. The summed E-state index contributed by atoms with van der Waals surface area (Å²) in [6.07, 6.45) is 8.83. The lowest BCUT2D eigenvalue weighted by Gasteiger charge is -2.36. The summed E-state index contributed by atoms with van der Waals surface area (Å²) in [4.78, 5) is 6.80. The van der Waals surface area contributed by atoms with Crippen molar-refractivity contribution in [3.8, 4) is 0 Å². The molecule has 118 valence electrons. The van der Waals surface area contributed by atoms with Crippen LogP contribution in [-0.4, -0.2) is 27.0 Å². The van der Waals surface area contributed by atoms with Crippen molar-refractivity contribution in [1.82, 2.24) is 14.5 Å². The number of hydrogen-bond acceptors (Lipinski definition) is 2. The number of halogens is 1. The van der Waals surface area contributed by atoms with Crippen LogP contribution in [-0.2, 0) is 13.1 Å². The van der Waals surface area contributed by atoms with Crippen LogP contribution in [0.1, 0.15) is 37.1 Å². The molecule has 1 saturated heterocycles. The van der Waals surface area contributed by atoms with Crippen molar-refractivity contribution in [3.05, 3.63) is 53.9 Å². The highest BCUT2D eigenvalue weighted by Crippen LogP contribution is 2.23. The number of aromatic nitrogens is 2. The zero-order chi connectivity index (χ0) is 15.4. The van der Waals surface area contributed by atoms with Gasteiger partial charge < -0.3 is 4.57 Å². The number of likely N-dealkylation sites (tertiary alicyclic amines) is 1. The smallest absolute Gasteiger partial charge is 0.123 e. The highest BCUT2D eigenvalue weighted by molar-refractivity contribution is 5.16. The molecule has 3 nitrogen and oxygen atoms in total. The molecule has 1 aromatic heterocycles. The first-order valence-corrected chi connectivity index (χ1v) is 8.18. The number of aryl methyl sites for hydroxylation is 2. The minimum Gasteiger partial charge on any atom is -0.335 e. The van der Waals surface area contributed by atoms with Gasteiger partial charge in [0.15, 0.2) is 0 Å². The predicted molar refractivity (Wildman–Crippen MR) is 86.0 cm³/mol. The minimum atomic E-state index is -0.139. The molecule has 3 rings (SSSR count). The van der Waals surface area contributed by atoms with Gasteiger partial charge in [-0.1, -0.05) is 18.6 Å². The molecule has 0 radical (unpaired) electrons. The van der Waals surface area contributed by atoms with Gasteiger partial charge in [-0.05, 0) is 50.4 Å². The number of rotatable bonds is 5. The number of nitrogens with zero attached hydrogens (tertiary/aromatic N) is 3. The lowest BCUT2D eigenvalue weighted by molar-refractivity contribution is 0.128. The van der Waals surface area contributed by atoms with E-state index in [9.17, 15) is 4.39 Å². The predicted octanol–water partition coefficient (Wildman–Crippen LogP) is 3.78. The molecule has 0 aliphatic carbocycles. The van der Waals surface area contributed by atoms with Gasteiger partial charge in [0.1, 0.15) is 11.6 Å². The van der Waals surface area contributed by atoms with E-state index in [1.807, 2.05) is 19.2 Å². The van der Waals surface area contributed by atoms with Crippen molar-refractivity contribution in [2.75, 3.05) is 6.54 Å². The molecule has 0 saturated carbocycles. The van der Waals surface area contributed by atoms with E-state index in [1.54, 1.807) is 12.1 Å². The third-order valence-electron chi connectivity index (χ3n) is 4.65. The first-order valence-electron chi connectivity index (χ1n) is 8.18. The summed E-state index contributed by atoms with van der Waals surface area (Å²) in [6.45, 7) is 5.02. The van der Waals surface area contributed by atoms with Gasteiger partial charge >= 0.3 is 0 Å². The minimum absolute atomic E-state index is 0.139. The Balaban J connectivity index is 1.62. The standard InChI is InChI=1S/C18H24FN3/c1-15-20-9-12-21(15)11-8-18-7-2-3-10-22(18)14-16-5-4-6-17(19)13-16/h4-6,9,12-13,18H,2-3,7-8,10-11,14H2,1H3/t18-/m1/s1. The van der Waals surface area contributed by atoms with E-state index in [1.165, 1.54) is 25.3 Å². The Kier molecular flexibility index (Phi) is 4.88. The van der Waals surface area contributed by atoms with Crippen molar-refractivity contribution in [3.63, 3.8) is 0 Å². The van der Waals surface area contributed by atoms with E-state index in [0.29, 0.717) is 6.04 Å². The van der Waals surface area contributed by atoms with Crippen LogP contribution in [0.4, 0.5) is 4.39 Å². The van der Waals surface area contributed by atoms with E-state index >= 15 is 0 Å². The molecular weight excluding hydrogens is 277 g/mol.